The minimum absolute atomic E-state index is 0.0974. The molecule has 10 aromatic rings. The molecule has 1 unspecified atom stereocenters. The SMILES string of the molecule is [2H]c1c([2H])c2c(c([2H])c1-c1cccc(-c3c([2H])c([2H])c4c(c3[2H])C(C([2H])([2H])[2H])(C([2H])([2H])[2H])C([2H])([2H])C([2H])([2H])C4(C([2H])([2H])[2H])C([2H])([2H])C)c1-[n+]1[c-]n(-c3cccc(Oc4ccc5c6ccccc6n(-c6cc(C(C)(C)C)ccn6)c5c4)c3)c3cc(C(C)(C)C)ccc31)C(C([2H])([2H])[2H])(C([2H])([2H])[2H])C([2H])([2H])C([2H])([2H])C2(C([2H])([2H])[2H])C([2H])([2H])[2H]. The molecule has 2 aliphatic carbocycles. The van der Waals surface area contributed by atoms with E-state index in [1.165, 1.54) is 10.6 Å². The van der Waals surface area contributed by atoms with Gasteiger partial charge in [0.1, 0.15) is 17.3 Å². The lowest BCUT2D eigenvalue weighted by molar-refractivity contribution is -0.571. The quantitative estimate of drug-likeness (QED) is 0.112. The van der Waals surface area contributed by atoms with Gasteiger partial charge in [-0.3, -0.25) is 13.7 Å². The zero-order chi connectivity index (χ0) is 86.6. The van der Waals surface area contributed by atoms with Crippen LogP contribution in [0.3, 0.4) is 0 Å². The Labute approximate surface area is 516 Å². The number of rotatable bonds is 8. The standard InChI is InChI=1S/C73H78N4O/c1-15-73(14)38-37-72(12,13)61-41-48(27-32-59(61)73)55-24-19-23-54(47-26-31-58-60(40-47)71(10,11)36-35-70(58,8)9)67(55)76-46-75(65-42-49(68(2,3)4)28-33-63(65)76)51-20-18-21-52(44-51)78-53-29-30-57-56-22-16-17-25-62(56)77(64(57)45-53)66-43-50(34-39-74-66)69(5,6)7/h16-34,39-45H,15,35-38H2,1-14H3/i8D3,9D3,10D3,11D3,12D3,13D3,14D3,15D2,26D,27D,31D,32D,35D2,36D2,37D2,38D2,40D,41D. The molecule has 0 aliphatic heterocycles. The van der Waals surface area contributed by atoms with Crippen LogP contribution < -0.4 is 9.30 Å². The molecule has 12 rings (SSSR count). The number of ether oxygens (including phenoxy) is 1. The number of hydrogen-bond acceptors (Lipinski definition) is 2. The average molecular weight is 1060 g/mol. The minimum Gasteiger partial charge on any atom is -0.458 e. The fourth-order valence-electron chi connectivity index (χ4n) is 10.2. The molecule has 0 bridgehead atoms. The second kappa shape index (κ2) is 18.2. The number of aromatic nitrogens is 4. The van der Waals surface area contributed by atoms with Gasteiger partial charge in [-0.15, -0.1) is 0 Å². The molecule has 3 aromatic heterocycles. The number of pyridine rings is 1. The second-order valence-corrected chi connectivity index (χ2v) is 22.0. The smallest absolute Gasteiger partial charge is 0.269 e. The summed E-state index contributed by atoms with van der Waals surface area (Å²) < 4.78 is 359. The maximum Gasteiger partial charge on any atom is 0.269 e. The van der Waals surface area contributed by atoms with Gasteiger partial charge in [0.15, 0.2) is 0 Å². The van der Waals surface area contributed by atoms with Crippen molar-refractivity contribution in [3.63, 3.8) is 0 Å². The maximum absolute atomic E-state index is 10.5. The third kappa shape index (κ3) is 8.68. The van der Waals surface area contributed by atoms with E-state index in [2.05, 4.69) is 27.1 Å². The Hall–Kier alpha value is -7.24. The van der Waals surface area contributed by atoms with E-state index in [9.17, 15) is 21.9 Å². The Kier molecular flexibility index (Phi) is 5.68. The van der Waals surface area contributed by atoms with Crippen molar-refractivity contribution in [3.05, 3.63) is 197 Å². The van der Waals surface area contributed by atoms with Crippen molar-refractivity contribution in [1.29, 1.82) is 0 Å². The molecule has 5 heteroatoms. The van der Waals surface area contributed by atoms with E-state index in [4.69, 9.17) is 38.5 Å². The van der Waals surface area contributed by atoms with Gasteiger partial charge >= 0.3 is 0 Å². The number of nitrogens with zero attached hydrogens (tertiary/aromatic N) is 4. The molecule has 2 aliphatic rings. The summed E-state index contributed by atoms with van der Waals surface area (Å²) in [5.74, 6) is 1.05. The molecule has 396 valence electrons. The van der Waals surface area contributed by atoms with Gasteiger partial charge in [-0.05, 0) is 175 Å². The topological polar surface area (TPSA) is 35.9 Å². The lowest BCUT2D eigenvalue weighted by Gasteiger charge is -2.43. The fraction of sp³-hybridized carbons (Fsp3) is 0.342. The van der Waals surface area contributed by atoms with Crippen LogP contribution in [0.2, 0.25) is 0 Å². The van der Waals surface area contributed by atoms with Crippen molar-refractivity contribution < 1.29 is 60.0 Å². The molecule has 1 atom stereocenters. The van der Waals surface area contributed by atoms with E-state index in [0.29, 0.717) is 29.6 Å². The molecule has 5 nitrogen and oxygen atoms in total. The van der Waals surface area contributed by atoms with Crippen LogP contribution in [0.5, 0.6) is 11.5 Å². The van der Waals surface area contributed by atoms with Crippen molar-refractivity contribution in [2.24, 2.45) is 0 Å². The van der Waals surface area contributed by atoms with Crippen LogP contribution in [-0.2, 0) is 32.5 Å². The zero-order valence-electron chi connectivity index (χ0n) is 80.7. The second-order valence-electron chi connectivity index (χ2n) is 22.0. The summed E-state index contributed by atoms with van der Waals surface area (Å²) in [5.41, 5.74) is -28.4. The monoisotopic (exact) mass is 1060 g/mol. The van der Waals surface area contributed by atoms with Gasteiger partial charge in [0.05, 0.1) is 41.7 Å². The van der Waals surface area contributed by atoms with Crippen LogP contribution in [0.15, 0.2) is 158 Å². The van der Waals surface area contributed by atoms with E-state index in [0.717, 1.165) is 44.6 Å². The maximum atomic E-state index is 10.5. The first kappa shape index (κ1) is 24.4. The van der Waals surface area contributed by atoms with E-state index >= 15 is 0 Å². The van der Waals surface area contributed by atoms with Crippen LogP contribution >= 0.6 is 0 Å². The Morgan fingerprint density at radius 2 is 1.24 bits per heavy atom. The molecule has 7 aromatic carbocycles. The molecule has 0 spiro atoms. The van der Waals surface area contributed by atoms with E-state index in [1.807, 2.05) is 73.9 Å². The highest BCUT2D eigenvalue weighted by atomic mass is 16.5. The Balaban J connectivity index is 1.28. The Morgan fingerprint density at radius 3 is 1.94 bits per heavy atom. The summed E-state index contributed by atoms with van der Waals surface area (Å²) in [6, 6.07) is 20.8. The summed E-state index contributed by atoms with van der Waals surface area (Å²) >= 11 is 0. The predicted octanol–water partition coefficient (Wildman–Crippen LogP) is 19.0. The average Bonchev–Trinajstić information content (AvgIpc) is 0.985. The molecular formula is C73H78N4O. The molecule has 0 fully saturated rings. The number of para-hydroxylation sites is 2. The van der Waals surface area contributed by atoms with Crippen LogP contribution in [0.25, 0.3) is 72.3 Å². The summed E-state index contributed by atoms with van der Waals surface area (Å²) in [6.45, 7) is -19.4. The van der Waals surface area contributed by atoms with Gasteiger partial charge in [-0.2, -0.15) is 0 Å². The fourth-order valence-corrected chi connectivity index (χ4v) is 10.2. The van der Waals surface area contributed by atoms with Gasteiger partial charge in [0, 0.05) is 65.5 Å². The summed E-state index contributed by atoms with van der Waals surface area (Å²) in [7, 11) is 0. The summed E-state index contributed by atoms with van der Waals surface area (Å²) in [4.78, 5) is 4.79. The first-order chi connectivity index (χ1) is 52.0. The van der Waals surface area contributed by atoms with Crippen molar-refractivity contribution in [2.45, 2.75) is 161 Å². The summed E-state index contributed by atoms with van der Waals surface area (Å²) in [5, 5.41) is 1.73. The van der Waals surface area contributed by atoms with Gasteiger partial charge in [-0.1, -0.05) is 187 Å². The van der Waals surface area contributed by atoms with Gasteiger partial charge in [0.25, 0.3) is 6.33 Å². The first-order valence-corrected chi connectivity index (χ1v) is 25.2. The molecule has 3 heterocycles. The highest BCUT2D eigenvalue weighted by Crippen LogP contribution is 2.51. The third-order valence-electron chi connectivity index (χ3n) is 14.5. The first-order valence-electron chi connectivity index (χ1n) is 43.7. The number of fused-ring (bicyclic) bond motifs is 6. The van der Waals surface area contributed by atoms with Crippen LogP contribution in [0.1, 0.15) is 212 Å². The van der Waals surface area contributed by atoms with E-state index < -0.39 is 193 Å². The number of hydrogen-bond donors (Lipinski definition) is 0. The highest BCUT2D eigenvalue weighted by Gasteiger charge is 2.40. The number of imidazole rings is 1. The highest BCUT2D eigenvalue weighted by molar-refractivity contribution is 6.09. The third-order valence-corrected chi connectivity index (χ3v) is 14.5. The normalized spacial score (nSPS) is 28.7. The minimum atomic E-state index is -4.84. The van der Waals surface area contributed by atoms with Crippen molar-refractivity contribution >= 4 is 32.8 Å². The van der Waals surface area contributed by atoms with E-state index in [1.54, 1.807) is 48.7 Å². The summed E-state index contributed by atoms with van der Waals surface area (Å²) in [6.07, 6.45) is -17.8. The van der Waals surface area contributed by atoms with E-state index in [-0.39, 0.29) is 27.9 Å². The lowest BCUT2D eigenvalue weighted by Crippen LogP contribution is -2.35. The zero-order valence-corrected chi connectivity index (χ0v) is 43.7. The molecule has 0 saturated heterocycles. The lowest BCUT2D eigenvalue weighted by atomic mass is 9.61. The molecule has 0 radical (unpaired) electrons. The van der Waals surface area contributed by atoms with Crippen molar-refractivity contribution in [2.75, 3.05) is 0 Å². The molecule has 0 amide bonds. The number of benzene rings is 7. The van der Waals surface area contributed by atoms with Crippen LogP contribution in [0.4, 0.5) is 0 Å². The molecule has 0 N–H and O–H groups in total. The van der Waals surface area contributed by atoms with Crippen molar-refractivity contribution in [3.8, 4) is 50.9 Å². The van der Waals surface area contributed by atoms with Gasteiger partial charge in [0.2, 0.25) is 0 Å². The Bertz CT molecular complexity index is 5420. The molecule has 78 heavy (non-hydrogen) atoms. The molecular weight excluding hydrogens is 949 g/mol. The van der Waals surface area contributed by atoms with Crippen LogP contribution in [-0.4, -0.2) is 14.1 Å². The van der Waals surface area contributed by atoms with Gasteiger partial charge in [-0.25, -0.2) is 4.98 Å². The van der Waals surface area contributed by atoms with Gasteiger partial charge < -0.3 is 4.74 Å². The predicted molar refractivity (Wildman–Crippen MR) is 326 cm³/mol. The molecule has 0 saturated carbocycles. The van der Waals surface area contributed by atoms with Crippen LogP contribution in [0, 0.1) is 6.33 Å². The van der Waals surface area contributed by atoms with Crippen molar-refractivity contribution in [1.82, 2.24) is 14.1 Å². The largest absolute Gasteiger partial charge is 0.458 e. The Morgan fingerprint density at radius 1 is 0.615 bits per heavy atom.